The zero-order valence-corrected chi connectivity index (χ0v) is 26.1. The molecule has 11 rings (SSSR count). The summed E-state index contributed by atoms with van der Waals surface area (Å²) in [5, 5.41) is 11.5. The summed E-state index contributed by atoms with van der Waals surface area (Å²) in [6.45, 7) is 4.75. The molecule has 2 nitrogen and oxygen atoms in total. The molecule has 0 fully saturated rings. The maximum Gasteiger partial charge on any atom is 0.137 e. The maximum atomic E-state index is 6.42. The van der Waals surface area contributed by atoms with Gasteiger partial charge in [-0.05, 0) is 78.8 Å². The van der Waals surface area contributed by atoms with Crippen molar-refractivity contribution in [3.63, 3.8) is 0 Å². The fourth-order valence-corrected chi connectivity index (χ4v) is 8.82. The Bertz CT molecular complexity index is 2920. The van der Waals surface area contributed by atoms with E-state index in [0.717, 1.165) is 27.6 Å². The summed E-state index contributed by atoms with van der Waals surface area (Å²) in [6, 6.07) is 51.4. The Morgan fingerprint density at radius 3 is 2.11 bits per heavy atom. The summed E-state index contributed by atoms with van der Waals surface area (Å²) < 4.78 is 8.91. The van der Waals surface area contributed by atoms with E-state index in [1.54, 1.807) is 0 Å². The van der Waals surface area contributed by atoms with Crippen LogP contribution in [0.4, 0.5) is 0 Å². The monoisotopic (exact) mass is 599 g/mol. The van der Waals surface area contributed by atoms with Gasteiger partial charge < -0.3 is 8.98 Å². The Kier molecular flexibility index (Phi) is 4.68. The second kappa shape index (κ2) is 8.69. The highest BCUT2D eigenvalue weighted by Crippen LogP contribution is 2.54. The molecule has 0 amide bonds. The summed E-state index contributed by atoms with van der Waals surface area (Å²) in [5.74, 6) is 0. The molecule has 0 aliphatic heterocycles. The Morgan fingerprint density at radius 1 is 0.511 bits per heavy atom. The van der Waals surface area contributed by atoms with Gasteiger partial charge in [0.1, 0.15) is 11.2 Å². The summed E-state index contributed by atoms with van der Waals surface area (Å²) in [5.41, 5.74) is 11.9. The first-order chi connectivity index (χ1) is 23.1. The molecular weight excluding hydrogens is 571 g/mol. The largest absolute Gasteiger partial charge is 0.456 e. The van der Waals surface area contributed by atoms with Crippen molar-refractivity contribution in [2.45, 2.75) is 19.3 Å². The van der Waals surface area contributed by atoms with Crippen molar-refractivity contribution < 1.29 is 4.42 Å². The molecule has 2 aromatic heterocycles. The predicted molar refractivity (Wildman–Crippen MR) is 197 cm³/mol. The summed E-state index contributed by atoms with van der Waals surface area (Å²) in [7, 11) is 0. The molecule has 0 N–H and O–H groups in total. The van der Waals surface area contributed by atoms with Gasteiger partial charge in [0.15, 0.2) is 0 Å². The van der Waals surface area contributed by atoms with E-state index in [1.807, 2.05) is 6.07 Å². The van der Waals surface area contributed by atoms with Crippen LogP contribution < -0.4 is 0 Å². The van der Waals surface area contributed by atoms with E-state index in [4.69, 9.17) is 4.42 Å². The van der Waals surface area contributed by atoms with E-state index in [2.05, 4.69) is 152 Å². The van der Waals surface area contributed by atoms with Crippen LogP contribution in [0, 0.1) is 0 Å². The van der Waals surface area contributed by atoms with Crippen LogP contribution in [0.1, 0.15) is 25.0 Å². The minimum atomic E-state index is -0.132. The van der Waals surface area contributed by atoms with Crippen molar-refractivity contribution in [1.29, 1.82) is 0 Å². The molecule has 220 valence electrons. The van der Waals surface area contributed by atoms with Gasteiger partial charge in [0, 0.05) is 38.9 Å². The molecule has 0 unspecified atom stereocenters. The number of aromatic nitrogens is 1. The molecule has 8 aromatic carbocycles. The van der Waals surface area contributed by atoms with E-state index in [0.29, 0.717) is 0 Å². The highest BCUT2D eigenvalue weighted by Gasteiger charge is 2.40. The van der Waals surface area contributed by atoms with Gasteiger partial charge in [0.2, 0.25) is 0 Å². The van der Waals surface area contributed by atoms with Crippen LogP contribution >= 0.6 is 0 Å². The first-order valence-corrected chi connectivity index (χ1v) is 16.4. The van der Waals surface area contributed by atoms with E-state index in [-0.39, 0.29) is 5.41 Å². The van der Waals surface area contributed by atoms with Crippen LogP contribution in [0.15, 0.2) is 144 Å². The fourth-order valence-electron chi connectivity index (χ4n) is 8.82. The Morgan fingerprint density at radius 2 is 1.21 bits per heavy atom. The van der Waals surface area contributed by atoms with E-state index in [9.17, 15) is 0 Å². The zero-order chi connectivity index (χ0) is 31.0. The number of para-hydroxylation sites is 1. The smallest absolute Gasteiger partial charge is 0.137 e. The molecule has 1 aliphatic carbocycles. The molecule has 2 heterocycles. The lowest BCUT2D eigenvalue weighted by Gasteiger charge is -2.21. The lowest BCUT2D eigenvalue weighted by Crippen LogP contribution is -2.14. The average Bonchev–Trinajstić information content (AvgIpc) is 3.73. The van der Waals surface area contributed by atoms with Gasteiger partial charge in [-0.25, -0.2) is 0 Å². The zero-order valence-electron chi connectivity index (χ0n) is 26.1. The minimum absolute atomic E-state index is 0.132. The summed E-state index contributed by atoms with van der Waals surface area (Å²) >= 11 is 0. The summed E-state index contributed by atoms with van der Waals surface area (Å²) in [6.07, 6.45) is 0. The first kappa shape index (κ1) is 25.3. The third-order valence-electron chi connectivity index (χ3n) is 10.9. The Hall–Kier alpha value is -5.86. The van der Waals surface area contributed by atoms with Crippen molar-refractivity contribution in [2.24, 2.45) is 0 Å². The molecular formula is C45H29NO. The molecule has 2 heteroatoms. The second-order valence-corrected chi connectivity index (χ2v) is 13.7. The van der Waals surface area contributed by atoms with E-state index in [1.165, 1.54) is 76.7 Å². The second-order valence-electron chi connectivity index (χ2n) is 13.7. The van der Waals surface area contributed by atoms with E-state index >= 15 is 0 Å². The number of benzene rings is 8. The van der Waals surface area contributed by atoms with Crippen LogP contribution in [-0.4, -0.2) is 4.57 Å². The van der Waals surface area contributed by atoms with E-state index < -0.39 is 0 Å². The Labute approximate surface area is 271 Å². The van der Waals surface area contributed by atoms with Gasteiger partial charge in [0.25, 0.3) is 0 Å². The maximum absolute atomic E-state index is 6.42. The minimum Gasteiger partial charge on any atom is -0.456 e. The highest BCUT2D eigenvalue weighted by molar-refractivity contribution is 6.25. The van der Waals surface area contributed by atoms with Gasteiger partial charge in [-0.1, -0.05) is 123 Å². The fraction of sp³-hybridized carbons (Fsp3) is 0.0667. The Balaban J connectivity index is 1.23. The van der Waals surface area contributed by atoms with Gasteiger partial charge >= 0.3 is 0 Å². The standard InChI is InChI=1S/C45H29NO/c1-45(2)37-12-5-3-11-35(37)44-43(45)36-22-18-29(31-20-16-28-15-14-26-8-7-9-27-17-21-34(31)42(28)41(26)27)24-38(36)46(44)30-19-23-33-32-10-4-6-13-39(32)47-40(33)25-30/h3-25H,1-2H3. The third-order valence-corrected chi connectivity index (χ3v) is 10.9. The molecule has 0 atom stereocenters. The van der Waals surface area contributed by atoms with Crippen LogP contribution in [0.3, 0.4) is 0 Å². The van der Waals surface area contributed by atoms with Crippen molar-refractivity contribution in [2.75, 3.05) is 0 Å². The highest BCUT2D eigenvalue weighted by atomic mass is 16.3. The third kappa shape index (κ3) is 3.20. The number of furan rings is 1. The molecule has 0 saturated heterocycles. The number of hydrogen-bond acceptors (Lipinski definition) is 1. The number of hydrogen-bond donors (Lipinski definition) is 0. The van der Waals surface area contributed by atoms with Gasteiger partial charge in [0.05, 0.1) is 11.2 Å². The molecule has 10 aromatic rings. The van der Waals surface area contributed by atoms with Crippen LogP contribution in [0.2, 0.25) is 0 Å². The van der Waals surface area contributed by atoms with Crippen molar-refractivity contribution in [1.82, 2.24) is 4.57 Å². The number of rotatable bonds is 2. The molecule has 0 saturated carbocycles. The lowest BCUT2D eigenvalue weighted by atomic mass is 9.81. The molecule has 0 radical (unpaired) electrons. The van der Waals surface area contributed by atoms with Crippen molar-refractivity contribution in [3.05, 3.63) is 151 Å². The number of nitrogens with zero attached hydrogens (tertiary/aromatic N) is 1. The first-order valence-electron chi connectivity index (χ1n) is 16.4. The molecule has 0 bridgehead atoms. The lowest BCUT2D eigenvalue weighted by molar-refractivity contribution is 0.666. The topological polar surface area (TPSA) is 18.1 Å². The van der Waals surface area contributed by atoms with Gasteiger partial charge in [-0.2, -0.15) is 0 Å². The summed E-state index contributed by atoms with van der Waals surface area (Å²) in [4.78, 5) is 0. The van der Waals surface area contributed by atoms with Gasteiger partial charge in [-0.3, -0.25) is 0 Å². The molecule has 47 heavy (non-hydrogen) atoms. The predicted octanol–water partition coefficient (Wildman–Crippen LogP) is 12.4. The normalized spacial score (nSPS) is 13.9. The van der Waals surface area contributed by atoms with Crippen LogP contribution in [0.25, 0.3) is 93.2 Å². The molecule has 0 spiro atoms. The SMILES string of the molecule is CC1(C)c2ccccc2-c2c1c1ccc(-c3ccc4ccc5cccc6ccc3c4c56)cc1n2-c1ccc2c(c1)oc1ccccc12. The average molecular weight is 600 g/mol. The van der Waals surface area contributed by atoms with Crippen molar-refractivity contribution >= 4 is 65.2 Å². The van der Waals surface area contributed by atoms with Gasteiger partial charge in [-0.15, -0.1) is 0 Å². The van der Waals surface area contributed by atoms with Crippen LogP contribution in [-0.2, 0) is 5.41 Å². The quantitative estimate of drug-likeness (QED) is 0.181. The molecule has 1 aliphatic rings. The van der Waals surface area contributed by atoms with Crippen molar-refractivity contribution in [3.8, 4) is 28.1 Å². The number of fused-ring (bicyclic) bond motifs is 8. The van der Waals surface area contributed by atoms with Crippen LogP contribution in [0.5, 0.6) is 0 Å².